The van der Waals surface area contributed by atoms with Crippen molar-refractivity contribution in [3.05, 3.63) is 0 Å². The number of hydrogen-bond donors (Lipinski definition) is 1. The van der Waals surface area contributed by atoms with Crippen LogP contribution in [0.2, 0.25) is 0 Å². The number of carbonyl (C=O) groups excluding carboxylic acids is 1. The number of hydrogen-bond acceptors (Lipinski definition) is 3. The summed E-state index contributed by atoms with van der Waals surface area (Å²) < 4.78 is 5.13. The molecule has 0 bridgehead atoms. The van der Waals surface area contributed by atoms with E-state index < -0.39 is 11.0 Å². The van der Waals surface area contributed by atoms with Crippen LogP contribution in [0.15, 0.2) is 0 Å². The maximum absolute atomic E-state index is 12.1. The van der Waals surface area contributed by atoms with Crippen LogP contribution >= 0.6 is 0 Å². The number of aliphatic hydroxyl groups is 1. The maximum Gasteiger partial charge on any atom is 0.314 e. The third-order valence-electron chi connectivity index (χ3n) is 4.72. The third-order valence-corrected chi connectivity index (χ3v) is 4.72. The van der Waals surface area contributed by atoms with Gasteiger partial charge in [0.15, 0.2) is 0 Å². The molecule has 0 amide bonds. The zero-order valence-electron chi connectivity index (χ0n) is 12.7. The highest BCUT2D eigenvalue weighted by atomic mass is 16.5. The second kappa shape index (κ2) is 4.84. The zero-order chi connectivity index (χ0) is 14.2. The van der Waals surface area contributed by atoms with Gasteiger partial charge in [0.1, 0.15) is 0 Å². The molecular weight excluding hydrogens is 228 g/mol. The lowest BCUT2D eigenvalue weighted by molar-refractivity contribution is -0.189. The van der Waals surface area contributed by atoms with Crippen molar-refractivity contribution < 1.29 is 14.6 Å². The normalized spacial score (nSPS) is 32.1. The molecule has 3 heteroatoms. The van der Waals surface area contributed by atoms with E-state index >= 15 is 0 Å². The molecular formula is C15H28O3. The van der Waals surface area contributed by atoms with E-state index in [0.29, 0.717) is 13.0 Å². The molecule has 0 aromatic rings. The summed E-state index contributed by atoms with van der Waals surface area (Å²) in [6.45, 7) is 12.3. The average molecular weight is 256 g/mol. The molecule has 0 heterocycles. The number of esters is 1. The topological polar surface area (TPSA) is 46.5 Å². The fourth-order valence-corrected chi connectivity index (χ4v) is 3.29. The van der Waals surface area contributed by atoms with Gasteiger partial charge >= 0.3 is 5.97 Å². The highest BCUT2D eigenvalue weighted by Crippen LogP contribution is 2.51. The summed E-state index contributed by atoms with van der Waals surface area (Å²) in [4.78, 5) is 12.1. The van der Waals surface area contributed by atoms with Gasteiger partial charge in [-0.15, -0.1) is 0 Å². The molecule has 0 saturated heterocycles. The predicted octanol–water partition coefficient (Wildman–Crippen LogP) is 3.15. The van der Waals surface area contributed by atoms with Crippen LogP contribution in [-0.4, -0.2) is 23.3 Å². The van der Waals surface area contributed by atoms with E-state index in [-0.39, 0.29) is 17.3 Å². The van der Waals surface area contributed by atoms with Crippen LogP contribution in [-0.2, 0) is 9.53 Å². The summed E-state index contributed by atoms with van der Waals surface area (Å²) in [5.74, 6) is -0.195. The van der Waals surface area contributed by atoms with Crippen molar-refractivity contribution >= 4 is 5.97 Å². The smallest absolute Gasteiger partial charge is 0.314 e. The first-order chi connectivity index (χ1) is 8.07. The Kier molecular flexibility index (Phi) is 4.16. The Bertz CT molecular complexity index is 320. The lowest BCUT2D eigenvalue weighted by Crippen LogP contribution is -2.57. The van der Waals surface area contributed by atoms with E-state index in [4.69, 9.17) is 4.74 Å². The molecule has 0 aromatic carbocycles. The molecule has 1 aliphatic carbocycles. The van der Waals surface area contributed by atoms with Crippen LogP contribution in [0.5, 0.6) is 0 Å². The average Bonchev–Trinajstić information content (AvgIpc) is 2.23. The van der Waals surface area contributed by atoms with Crippen molar-refractivity contribution in [2.75, 3.05) is 6.61 Å². The van der Waals surface area contributed by atoms with Crippen LogP contribution in [0.4, 0.5) is 0 Å². The van der Waals surface area contributed by atoms with Gasteiger partial charge in [0.25, 0.3) is 0 Å². The van der Waals surface area contributed by atoms with Gasteiger partial charge in [-0.1, -0.05) is 20.8 Å². The van der Waals surface area contributed by atoms with Gasteiger partial charge < -0.3 is 9.84 Å². The molecule has 2 atom stereocenters. The Labute approximate surface area is 111 Å². The van der Waals surface area contributed by atoms with Crippen LogP contribution in [0.3, 0.4) is 0 Å². The second-order valence-corrected chi connectivity index (χ2v) is 7.04. The van der Waals surface area contributed by atoms with Crippen LogP contribution in [0.1, 0.15) is 60.8 Å². The SMILES string of the molecule is CCOC(=O)C(C)(C)C1(O)CCC(C)(C)CC1C. The molecule has 3 nitrogen and oxygen atoms in total. The van der Waals surface area contributed by atoms with E-state index in [9.17, 15) is 9.90 Å². The molecule has 0 radical (unpaired) electrons. The molecule has 1 fully saturated rings. The number of rotatable bonds is 3. The Morgan fingerprint density at radius 1 is 1.39 bits per heavy atom. The van der Waals surface area contributed by atoms with E-state index in [2.05, 4.69) is 13.8 Å². The second-order valence-electron chi connectivity index (χ2n) is 7.04. The summed E-state index contributed by atoms with van der Waals surface area (Å²) in [6, 6.07) is 0. The van der Waals surface area contributed by atoms with Crippen LogP contribution in [0.25, 0.3) is 0 Å². The highest BCUT2D eigenvalue weighted by molar-refractivity contribution is 5.77. The maximum atomic E-state index is 12.1. The molecule has 18 heavy (non-hydrogen) atoms. The highest BCUT2D eigenvalue weighted by Gasteiger charge is 2.55. The lowest BCUT2D eigenvalue weighted by atomic mass is 9.57. The lowest BCUT2D eigenvalue weighted by Gasteiger charge is -2.51. The Morgan fingerprint density at radius 3 is 2.39 bits per heavy atom. The minimum absolute atomic E-state index is 0.0978. The largest absolute Gasteiger partial charge is 0.465 e. The van der Waals surface area contributed by atoms with Gasteiger partial charge in [0.05, 0.1) is 17.6 Å². The van der Waals surface area contributed by atoms with E-state index in [1.165, 1.54) is 0 Å². The van der Waals surface area contributed by atoms with E-state index in [1.807, 2.05) is 6.92 Å². The zero-order valence-corrected chi connectivity index (χ0v) is 12.7. The summed E-state index contributed by atoms with van der Waals surface area (Å²) >= 11 is 0. The quantitative estimate of drug-likeness (QED) is 0.789. The van der Waals surface area contributed by atoms with Crippen molar-refractivity contribution in [1.29, 1.82) is 0 Å². The van der Waals surface area contributed by atoms with Gasteiger partial charge in [0.2, 0.25) is 0 Å². The first kappa shape index (κ1) is 15.5. The molecule has 0 aromatic heterocycles. The molecule has 1 saturated carbocycles. The number of carbonyl (C=O) groups is 1. The molecule has 106 valence electrons. The van der Waals surface area contributed by atoms with Crippen molar-refractivity contribution in [2.45, 2.75) is 66.4 Å². The molecule has 0 aliphatic heterocycles. The summed E-state index contributed by atoms with van der Waals surface area (Å²) in [6.07, 6.45) is 2.54. The molecule has 1 N–H and O–H groups in total. The van der Waals surface area contributed by atoms with Gasteiger partial charge in [-0.2, -0.15) is 0 Å². The molecule has 1 aliphatic rings. The number of ether oxygens (including phenoxy) is 1. The van der Waals surface area contributed by atoms with E-state index in [1.54, 1.807) is 20.8 Å². The standard InChI is InChI=1S/C15H28O3/c1-7-18-12(16)14(5,6)15(17)9-8-13(3,4)10-11(15)2/h11,17H,7-10H2,1-6H3. The Morgan fingerprint density at radius 2 is 1.94 bits per heavy atom. The fraction of sp³-hybridized carbons (Fsp3) is 0.933. The Hall–Kier alpha value is -0.570. The van der Waals surface area contributed by atoms with Crippen molar-refractivity contribution in [2.24, 2.45) is 16.7 Å². The Balaban J connectivity index is 2.96. The van der Waals surface area contributed by atoms with Gasteiger partial charge in [-0.05, 0) is 51.4 Å². The predicted molar refractivity (Wildman–Crippen MR) is 72.2 cm³/mol. The van der Waals surface area contributed by atoms with Crippen molar-refractivity contribution in [3.63, 3.8) is 0 Å². The van der Waals surface area contributed by atoms with Gasteiger partial charge in [-0.3, -0.25) is 4.79 Å². The first-order valence-corrected chi connectivity index (χ1v) is 6.96. The molecule has 0 spiro atoms. The summed E-state index contributed by atoms with van der Waals surface area (Å²) in [5, 5.41) is 11.0. The van der Waals surface area contributed by atoms with Gasteiger partial charge in [-0.25, -0.2) is 0 Å². The van der Waals surface area contributed by atoms with Crippen LogP contribution in [0, 0.1) is 16.7 Å². The van der Waals surface area contributed by atoms with Crippen LogP contribution < -0.4 is 0 Å². The minimum atomic E-state index is -0.964. The minimum Gasteiger partial charge on any atom is -0.465 e. The van der Waals surface area contributed by atoms with Crippen molar-refractivity contribution in [3.8, 4) is 0 Å². The van der Waals surface area contributed by atoms with Crippen molar-refractivity contribution in [1.82, 2.24) is 0 Å². The van der Waals surface area contributed by atoms with Gasteiger partial charge in [0, 0.05) is 0 Å². The first-order valence-electron chi connectivity index (χ1n) is 6.96. The molecule has 1 rings (SSSR count). The van der Waals surface area contributed by atoms with E-state index in [0.717, 1.165) is 12.8 Å². The molecule has 2 unspecified atom stereocenters. The monoisotopic (exact) mass is 256 g/mol. The third kappa shape index (κ3) is 2.56. The summed E-state index contributed by atoms with van der Waals surface area (Å²) in [7, 11) is 0. The fourth-order valence-electron chi connectivity index (χ4n) is 3.29. The summed E-state index contributed by atoms with van der Waals surface area (Å²) in [5.41, 5.74) is -1.57.